The maximum atomic E-state index is 12.4. The molecule has 1 aliphatic heterocycles. The van der Waals surface area contributed by atoms with Gasteiger partial charge in [-0.05, 0) is 25.0 Å². The van der Waals surface area contributed by atoms with Gasteiger partial charge in [0.25, 0.3) is 5.56 Å². The van der Waals surface area contributed by atoms with Gasteiger partial charge in [0.1, 0.15) is 6.54 Å². The van der Waals surface area contributed by atoms with E-state index in [9.17, 15) is 9.59 Å². The van der Waals surface area contributed by atoms with E-state index in [-0.39, 0.29) is 18.0 Å². The van der Waals surface area contributed by atoms with Gasteiger partial charge < -0.3 is 15.1 Å². The van der Waals surface area contributed by atoms with Crippen molar-refractivity contribution < 1.29 is 4.79 Å². The summed E-state index contributed by atoms with van der Waals surface area (Å²) in [5, 5.41) is 2.75. The molecule has 1 N–H and O–H groups in total. The highest BCUT2D eigenvalue weighted by atomic mass is 16.2. The Hall–Kier alpha value is -3.75. The van der Waals surface area contributed by atoms with Gasteiger partial charge >= 0.3 is 0 Å². The first-order valence-electron chi connectivity index (χ1n) is 10.9. The number of anilines is 3. The maximum Gasteiger partial charge on any atom is 0.254 e. The van der Waals surface area contributed by atoms with Crippen LogP contribution in [0.2, 0.25) is 0 Å². The smallest absolute Gasteiger partial charge is 0.254 e. The molecule has 0 unspecified atom stereocenters. The molecule has 3 heterocycles. The zero-order valence-corrected chi connectivity index (χ0v) is 17.7. The van der Waals surface area contributed by atoms with Crippen molar-refractivity contribution in [3.8, 4) is 0 Å². The molecule has 2 fully saturated rings. The molecule has 0 bridgehead atoms. The Morgan fingerprint density at radius 3 is 2.31 bits per heavy atom. The van der Waals surface area contributed by atoms with Crippen LogP contribution in [0.1, 0.15) is 24.5 Å². The van der Waals surface area contributed by atoms with E-state index in [1.165, 1.54) is 22.6 Å². The Morgan fingerprint density at radius 1 is 0.969 bits per heavy atom. The second kappa shape index (κ2) is 8.78. The molecule has 0 atom stereocenters. The lowest BCUT2D eigenvalue weighted by Gasteiger charge is -2.36. The van der Waals surface area contributed by atoms with Crippen molar-refractivity contribution in [3.63, 3.8) is 0 Å². The number of para-hydroxylation sites is 1. The summed E-state index contributed by atoms with van der Waals surface area (Å²) in [4.78, 5) is 42.2. The second-order valence-electron chi connectivity index (χ2n) is 8.18. The minimum absolute atomic E-state index is 0.0972. The van der Waals surface area contributed by atoms with Gasteiger partial charge in [0.05, 0.1) is 30.1 Å². The monoisotopic (exact) mass is 431 g/mol. The van der Waals surface area contributed by atoms with E-state index in [2.05, 4.69) is 42.2 Å². The highest BCUT2D eigenvalue weighted by molar-refractivity contribution is 5.90. The lowest BCUT2D eigenvalue weighted by molar-refractivity contribution is -0.116. The molecule has 9 nitrogen and oxygen atoms in total. The van der Waals surface area contributed by atoms with Crippen molar-refractivity contribution in [2.24, 2.45) is 0 Å². The van der Waals surface area contributed by atoms with Crippen LogP contribution in [0.4, 0.5) is 17.3 Å². The van der Waals surface area contributed by atoms with Gasteiger partial charge in [0.15, 0.2) is 0 Å². The summed E-state index contributed by atoms with van der Waals surface area (Å²) >= 11 is 0. The van der Waals surface area contributed by atoms with Crippen LogP contribution in [0, 0.1) is 0 Å². The molecule has 1 amide bonds. The summed E-state index contributed by atoms with van der Waals surface area (Å²) in [6.45, 7) is 3.35. The standard InChI is InChI=1S/C23H25N7O2/c31-21(15-30-16-26-20(12-22(30)32)17-6-7-17)27-18-13-24-23(25-14-18)29-10-8-28(9-11-29)19-4-2-1-3-5-19/h1-5,12-14,16-17H,6-11,15H2,(H,27,31). The summed E-state index contributed by atoms with van der Waals surface area (Å²) in [7, 11) is 0. The molecule has 2 aromatic heterocycles. The number of carbonyl (C=O) groups excluding carboxylic acids is 1. The van der Waals surface area contributed by atoms with Crippen molar-refractivity contribution in [1.29, 1.82) is 0 Å². The quantitative estimate of drug-likeness (QED) is 0.637. The van der Waals surface area contributed by atoms with Crippen LogP contribution in [0.15, 0.2) is 59.9 Å². The van der Waals surface area contributed by atoms with Crippen molar-refractivity contribution in [2.45, 2.75) is 25.3 Å². The third kappa shape index (κ3) is 4.61. The zero-order chi connectivity index (χ0) is 21.9. The minimum Gasteiger partial charge on any atom is -0.368 e. The fourth-order valence-corrected chi connectivity index (χ4v) is 3.87. The van der Waals surface area contributed by atoms with Crippen LogP contribution in [-0.2, 0) is 11.3 Å². The molecule has 5 rings (SSSR count). The highest BCUT2D eigenvalue weighted by Crippen LogP contribution is 2.38. The lowest BCUT2D eigenvalue weighted by atomic mass is 10.2. The minimum atomic E-state index is -0.319. The number of rotatable bonds is 6. The van der Waals surface area contributed by atoms with E-state index in [1.807, 2.05) is 18.2 Å². The third-order valence-corrected chi connectivity index (χ3v) is 5.82. The summed E-state index contributed by atoms with van der Waals surface area (Å²) in [6.07, 6.45) is 6.80. The molecule has 0 spiro atoms. The van der Waals surface area contributed by atoms with Crippen LogP contribution in [0.3, 0.4) is 0 Å². The van der Waals surface area contributed by atoms with Gasteiger partial charge in [-0.2, -0.15) is 0 Å². The number of nitrogens with one attached hydrogen (secondary N) is 1. The fourth-order valence-electron chi connectivity index (χ4n) is 3.87. The normalized spacial score (nSPS) is 16.1. The number of carbonyl (C=O) groups is 1. The Morgan fingerprint density at radius 2 is 1.66 bits per heavy atom. The largest absolute Gasteiger partial charge is 0.368 e. The van der Waals surface area contributed by atoms with Gasteiger partial charge in [-0.1, -0.05) is 18.2 Å². The van der Waals surface area contributed by atoms with Crippen LogP contribution in [0.25, 0.3) is 0 Å². The number of hydrogen-bond acceptors (Lipinski definition) is 7. The molecular weight excluding hydrogens is 406 g/mol. The van der Waals surface area contributed by atoms with E-state index in [4.69, 9.17) is 0 Å². The average Bonchev–Trinajstić information content (AvgIpc) is 3.67. The Kier molecular flexibility index (Phi) is 5.53. The first-order valence-corrected chi connectivity index (χ1v) is 10.9. The van der Waals surface area contributed by atoms with Crippen molar-refractivity contribution in [2.75, 3.05) is 41.3 Å². The van der Waals surface area contributed by atoms with Crippen molar-refractivity contribution >= 4 is 23.2 Å². The zero-order valence-electron chi connectivity index (χ0n) is 17.7. The summed E-state index contributed by atoms with van der Waals surface area (Å²) < 4.78 is 1.31. The third-order valence-electron chi connectivity index (χ3n) is 5.82. The predicted octanol–water partition coefficient (Wildman–Crippen LogP) is 1.88. The van der Waals surface area contributed by atoms with Crippen LogP contribution in [0.5, 0.6) is 0 Å². The van der Waals surface area contributed by atoms with Gasteiger partial charge in [0.2, 0.25) is 11.9 Å². The molecule has 9 heteroatoms. The van der Waals surface area contributed by atoms with E-state index < -0.39 is 0 Å². The van der Waals surface area contributed by atoms with Crippen LogP contribution < -0.4 is 20.7 Å². The SMILES string of the molecule is O=C(Cn1cnc(C2CC2)cc1=O)Nc1cnc(N2CCN(c3ccccc3)CC2)nc1. The van der Waals surface area contributed by atoms with Crippen molar-refractivity contribution in [1.82, 2.24) is 19.5 Å². The number of nitrogens with zero attached hydrogens (tertiary/aromatic N) is 6. The van der Waals surface area contributed by atoms with Crippen LogP contribution >= 0.6 is 0 Å². The maximum absolute atomic E-state index is 12.4. The topological polar surface area (TPSA) is 96.2 Å². The Labute approximate surface area is 185 Å². The number of hydrogen-bond donors (Lipinski definition) is 1. The number of piperazine rings is 1. The van der Waals surface area contributed by atoms with Gasteiger partial charge in [0, 0.05) is 43.9 Å². The number of aromatic nitrogens is 4. The number of benzene rings is 1. The molecule has 1 saturated heterocycles. The summed E-state index contributed by atoms with van der Waals surface area (Å²) in [5.41, 5.74) is 2.33. The molecule has 1 saturated carbocycles. The van der Waals surface area contributed by atoms with E-state index in [0.717, 1.165) is 44.7 Å². The molecule has 2 aliphatic rings. The number of amides is 1. The Bertz CT molecular complexity index is 1140. The molecule has 164 valence electrons. The van der Waals surface area contributed by atoms with Gasteiger partial charge in [-0.15, -0.1) is 0 Å². The van der Waals surface area contributed by atoms with Gasteiger partial charge in [-0.3, -0.25) is 14.2 Å². The predicted molar refractivity (Wildman–Crippen MR) is 122 cm³/mol. The van der Waals surface area contributed by atoms with E-state index in [0.29, 0.717) is 17.6 Å². The molecule has 1 aromatic carbocycles. The fraction of sp³-hybridized carbons (Fsp3) is 0.348. The highest BCUT2D eigenvalue weighted by Gasteiger charge is 2.25. The van der Waals surface area contributed by atoms with E-state index >= 15 is 0 Å². The Balaban J connectivity index is 1.15. The van der Waals surface area contributed by atoms with Crippen LogP contribution in [-0.4, -0.2) is 51.6 Å². The van der Waals surface area contributed by atoms with E-state index in [1.54, 1.807) is 12.4 Å². The molecule has 32 heavy (non-hydrogen) atoms. The first-order chi connectivity index (χ1) is 15.7. The molecular formula is C23H25N7O2. The molecule has 0 radical (unpaired) electrons. The van der Waals surface area contributed by atoms with Crippen molar-refractivity contribution in [3.05, 3.63) is 71.2 Å². The van der Waals surface area contributed by atoms with Gasteiger partial charge in [-0.25, -0.2) is 15.0 Å². The molecule has 1 aliphatic carbocycles. The summed E-state index contributed by atoms with van der Waals surface area (Å²) in [6, 6.07) is 11.9. The summed E-state index contributed by atoms with van der Waals surface area (Å²) in [5.74, 6) is 0.732. The second-order valence-corrected chi connectivity index (χ2v) is 8.18. The first kappa shape index (κ1) is 20.2. The average molecular weight is 432 g/mol. The lowest BCUT2D eigenvalue weighted by Crippen LogP contribution is -2.47. The molecule has 3 aromatic rings.